The highest BCUT2D eigenvalue weighted by molar-refractivity contribution is 5.67. The van der Waals surface area contributed by atoms with Crippen LogP contribution in [-0.4, -0.2) is 23.8 Å². The summed E-state index contributed by atoms with van der Waals surface area (Å²) >= 11 is 0. The van der Waals surface area contributed by atoms with Crippen LogP contribution in [0.15, 0.2) is 42.5 Å². The van der Waals surface area contributed by atoms with Crippen molar-refractivity contribution in [2.75, 3.05) is 6.54 Å². The van der Waals surface area contributed by atoms with E-state index in [2.05, 4.69) is 24.4 Å². The Labute approximate surface area is 161 Å². The van der Waals surface area contributed by atoms with Crippen LogP contribution >= 0.6 is 0 Å². The average molecular weight is 367 g/mol. The van der Waals surface area contributed by atoms with E-state index in [1.807, 2.05) is 44.2 Å². The number of nitrogens with one attached hydrogen (secondary N) is 1. The summed E-state index contributed by atoms with van der Waals surface area (Å²) < 4.78 is 5.10. The molecular weight excluding hydrogens is 338 g/mol. The molecule has 144 valence electrons. The van der Waals surface area contributed by atoms with Gasteiger partial charge >= 0.3 is 6.09 Å². The summed E-state index contributed by atoms with van der Waals surface area (Å²) in [6.07, 6.45) is 2.51. The number of benzene rings is 2. The second-order valence-corrected chi connectivity index (χ2v) is 7.60. The van der Waals surface area contributed by atoms with Crippen molar-refractivity contribution in [3.05, 3.63) is 70.3 Å². The van der Waals surface area contributed by atoms with Crippen LogP contribution in [-0.2, 0) is 23.2 Å². The predicted molar refractivity (Wildman–Crippen MR) is 107 cm³/mol. The number of rotatable bonds is 5. The Morgan fingerprint density at radius 2 is 1.89 bits per heavy atom. The molecule has 0 saturated heterocycles. The second kappa shape index (κ2) is 8.13. The molecule has 0 heterocycles. The average Bonchev–Trinajstić information content (AvgIpc) is 2.75. The van der Waals surface area contributed by atoms with E-state index in [4.69, 9.17) is 4.74 Å². The first-order valence-electron chi connectivity index (χ1n) is 9.76. The zero-order valence-electron chi connectivity index (χ0n) is 16.4. The smallest absolute Gasteiger partial charge is 0.407 e. The Bertz CT molecular complexity index is 815. The highest BCUT2D eigenvalue weighted by Gasteiger charge is 2.37. The number of ether oxygens (including phenoxy) is 1. The summed E-state index contributed by atoms with van der Waals surface area (Å²) in [7, 11) is 0. The minimum absolute atomic E-state index is 0.141. The number of aryl methyl sites for hydroxylation is 2. The standard InChI is InChI=1S/C23H29NO3/c1-16(2)27-22(25)24-15-7-14-23(26)20-10-5-4-9-18(20)12-13-19-17(3)8-6-11-21(19)23/h4-6,8-11,16,26H,7,12-15H2,1-3H3,(H,24,25). The van der Waals surface area contributed by atoms with Crippen molar-refractivity contribution >= 4 is 6.09 Å². The molecule has 0 saturated carbocycles. The van der Waals surface area contributed by atoms with E-state index in [1.165, 1.54) is 16.7 Å². The Morgan fingerprint density at radius 3 is 2.67 bits per heavy atom. The molecule has 2 aromatic carbocycles. The first-order chi connectivity index (χ1) is 12.9. The van der Waals surface area contributed by atoms with Crippen LogP contribution in [0.25, 0.3) is 0 Å². The van der Waals surface area contributed by atoms with Gasteiger partial charge < -0.3 is 15.2 Å². The molecule has 3 rings (SSSR count). The Morgan fingerprint density at radius 1 is 1.15 bits per heavy atom. The van der Waals surface area contributed by atoms with Crippen molar-refractivity contribution < 1.29 is 14.6 Å². The number of amides is 1. The van der Waals surface area contributed by atoms with Gasteiger partial charge in [0.25, 0.3) is 0 Å². The molecule has 27 heavy (non-hydrogen) atoms. The SMILES string of the molecule is Cc1cccc2c1CCc1ccccc1C2(O)CCCNC(=O)OC(C)C. The topological polar surface area (TPSA) is 58.6 Å². The molecule has 0 spiro atoms. The second-order valence-electron chi connectivity index (χ2n) is 7.60. The van der Waals surface area contributed by atoms with E-state index < -0.39 is 11.7 Å². The molecule has 0 aliphatic heterocycles. The molecule has 1 aliphatic rings. The van der Waals surface area contributed by atoms with Crippen molar-refractivity contribution in [3.63, 3.8) is 0 Å². The lowest BCUT2D eigenvalue weighted by Crippen LogP contribution is -2.32. The first-order valence-corrected chi connectivity index (χ1v) is 9.76. The van der Waals surface area contributed by atoms with Crippen molar-refractivity contribution in [1.29, 1.82) is 0 Å². The Balaban J connectivity index is 1.84. The molecule has 0 bridgehead atoms. The third kappa shape index (κ3) is 4.16. The van der Waals surface area contributed by atoms with E-state index in [1.54, 1.807) is 0 Å². The molecular formula is C23H29NO3. The molecule has 0 aromatic heterocycles. The zero-order chi connectivity index (χ0) is 19.4. The fraction of sp³-hybridized carbons (Fsp3) is 0.435. The van der Waals surface area contributed by atoms with Gasteiger partial charge in [0.05, 0.1) is 6.10 Å². The lowest BCUT2D eigenvalue weighted by atomic mass is 9.79. The van der Waals surface area contributed by atoms with Crippen molar-refractivity contribution in [1.82, 2.24) is 5.32 Å². The van der Waals surface area contributed by atoms with Crippen molar-refractivity contribution in [2.24, 2.45) is 0 Å². The van der Waals surface area contributed by atoms with Crippen LogP contribution in [0, 0.1) is 6.92 Å². The third-order valence-corrected chi connectivity index (χ3v) is 5.29. The maximum Gasteiger partial charge on any atom is 0.407 e. The molecule has 2 N–H and O–H groups in total. The summed E-state index contributed by atoms with van der Waals surface area (Å²) in [6, 6.07) is 14.3. The number of hydrogen-bond acceptors (Lipinski definition) is 3. The maximum absolute atomic E-state index is 11.8. The van der Waals surface area contributed by atoms with Gasteiger partial charge in [-0.1, -0.05) is 42.5 Å². The quantitative estimate of drug-likeness (QED) is 0.777. The van der Waals surface area contributed by atoms with Gasteiger partial charge in [0.15, 0.2) is 0 Å². The number of fused-ring (bicyclic) bond motifs is 2. The van der Waals surface area contributed by atoms with Gasteiger partial charge in [-0.25, -0.2) is 4.79 Å². The van der Waals surface area contributed by atoms with Crippen molar-refractivity contribution in [2.45, 2.75) is 58.2 Å². The summed E-state index contributed by atoms with van der Waals surface area (Å²) in [4.78, 5) is 11.7. The minimum atomic E-state index is -1.04. The van der Waals surface area contributed by atoms with Gasteiger partial charge in [-0.3, -0.25) is 0 Å². The largest absolute Gasteiger partial charge is 0.447 e. The number of carbonyl (C=O) groups excluding carboxylic acids is 1. The Hall–Kier alpha value is -2.33. The fourth-order valence-electron chi connectivity index (χ4n) is 4.03. The number of hydrogen-bond donors (Lipinski definition) is 2. The van der Waals surface area contributed by atoms with Gasteiger partial charge in [0.2, 0.25) is 0 Å². The van der Waals surface area contributed by atoms with Crippen LogP contribution < -0.4 is 5.32 Å². The molecule has 1 amide bonds. The van der Waals surface area contributed by atoms with Crippen LogP contribution in [0.4, 0.5) is 4.79 Å². The lowest BCUT2D eigenvalue weighted by Gasteiger charge is -2.31. The summed E-state index contributed by atoms with van der Waals surface area (Å²) in [5, 5.41) is 14.6. The molecule has 4 nitrogen and oxygen atoms in total. The maximum atomic E-state index is 11.8. The molecule has 1 aliphatic carbocycles. The van der Waals surface area contributed by atoms with Crippen LogP contribution in [0.5, 0.6) is 0 Å². The first kappa shape index (κ1) is 19.4. The predicted octanol–water partition coefficient (Wildman–Crippen LogP) is 4.24. The van der Waals surface area contributed by atoms with Crippen LogP contribution in [0.3, 0.4) is 0 Å². The van der Waals surface area contributed by atoms with E-state index in [9.17, 15) is 9.90 Å². The van der Waals surface area contributed by atoms with E-state index >= 15 is 0 Å². The number of aliphatic hydroxyl groups is 1. The van der Waals surface area contributed by atoms with Crippen molar-refractivity contribution in [3.8, 4) is 0 Å². The highest BCUT2D eigenvalue weighted by Crippen LogP contribution is 2.41. The lowest BCUT2D eigenvalue weighted by molar-refractivity contribution is 0.0671. The number of alkyl carbamates (subject to hydrolysis) is 1. The molecule has 1 atom stereocenters. The summed E-state index contributed by atoms with van der Waals surface area (Å²) in [5.41, 5.74) is 4.60. The Kier molecular flexibility index (Phi) is 5.85. The molecule has 0 radical (unpaired) electrons. The fourth-order valence-corrected chi connectivity index (χ4v) is 4.03. The third-order valence-electron chi connectivity index (χ3n) is 5.29. The molecule has 2 aromatic rings. The van der Waals surface area contributed by atoms with E-state index in [0.717, 1.165) is 24.0 Å². The molecule has 4 heteroatoms. The van der Waals surface area contributed by atoms with Gasteiger partial charge in [0.1, 0.15) is 5.60 Å². The van der Waals surface area contributed by atoms with E-state index in [0.29, 0.717) is 19.4 Å². The van der Waals surface area contributed by atoms with Crippen LogP contribution in [0.2, 0.25) is 0 Å². The normalized spacial score (nSPS) is 18.4. The summed E-state index contributed by atoms with van der Waals surface area (Å²) in [6.45, 7) is 6.23. The van der Waals surface area contributed by atoms with E-state index in [-0.39, 0.29) is 6.10 Å². The highest BCUT2D eigenvalue weighted by atomic mass is 16.6. The van der Waals surface area contributed by atoms with Gasteiger partial charge in [0, 0.05) is 6.54 Å². The molecule has 0 fully saturated rings. The van der Waals surface area contributed by atoms with Gasteiger partial charge in [-0.2, -0.15) is 0 Å². The molecule has 1 unspecified atom stereocenters. The van der Waals surface area contributed by atoms with Gasteiger partial charge in [-0.05, 0) is 74.3 Å². The van der Waals surface area contributed by atoms with Gasteiger partial charge in [-0.15, -0.1) is 0 Å². The zero-order valence-corrected chi connectivity index (χ0v) is 16.4. The number of carbonyl (C=O) groups is 1. The summed E-state index contributed by atoms with van der Waals surface area (Å²) in [5.74, 6) is 0. The minimum Gasteiger partial charge on any atom is -0.447 e. The monoisotopic (exact) mass is 367 g/mol. The van der Waals surface area contributed by atoms with Crippen LogP contribution in [0.1, 0.15) is 54.5 Å².